The summed E-state index contributed by atoms with van der Waals surface area (Å²) in [4.78, 5) is 11.3. The van der Waals surface area contributed by atoms with E-state index in [1.54, 1.807) is 0 Å². The zero-order valence-corrected chi connectivity index (χ0v) is 11.6. The van der Waals surface area contributed by atoms with Crippen LogP contribution >= 0.6 is 23.2 Å². The third-order valence-corrected chi connectivity index (χ3v) is 3.24. The average Bonchev–Trinajstić information content (AvgIpc) is 2.69. The Morgan fingerprint density at radius 3 is 2.14 bits per heavy atom. The number of nitrogen functional groups attached to an aromatic ring is 1. The van der Waals surface area contributed by atoms with Gasteiger partial charge in [0.25, 0.3) is 5.91 Å². The van der Waals surface area contributed by atoms with Crippen molar-refractivity contribution in [2.75, 3.05) is 5.73 Å². The lowest BCUT2D eigenvalue weighted by atomic mass is 10.0. The SMILES string of the molecule is NC(=O)c1n[nH]c(N)c1-c1c(Cl)cc(C(F)(F)F)cc1Cl. The molecule has 1 aromatic carbocycles. The van der Waals surface area contributed by atoms with Gasteiger partial charge < -0.3 is 11.5 Å². The first-order valence-electron chi connectivity index (χ1n) is 5.33. The summed E-state index contributed by atoms with van der Waals surface area (Å²) in [7, 11) is 0. The molecular formula is C11H7Cl2F3N4O. The van der Waals surface area contributed by atoms with Crippen LogP contribution in [0.3, 0.4) is 0 Å². The van der Waals surface area contributed by atoms with Crippen LogP contribution in [0.1, 0.15) is 16.1 Å². The number of nitrogens with one attached hydrogen (secondary N) is 1. The number of carbonyl (C=O) groups is 1. The number of H-pyrrole nitrogens is 1. The summed E-state index contributed by atoms with van der Waals surface area (Å²) >= 11 is 11.7. The summed E-state index contributed by atoms with van der Waals surface area (Å²) in [5.74, 6) is -1.02. The summed E-state index contributed by atoms with van der Waals surface area (Å²) in [5.41, 5.74) is 9.35. The first-order chi connectivity index (χ1) is 9.62. The van der Waals surface area contributed by atoms with Crippen molar-refractivity contribution in [1.29, 1.82) is 0 Å². The first kappa shape index (κ1) is 15.5. The highest BCUT2D eigenvalue weighted by molar-refractivity contribution is 6.40. The number of aromatic nitrogens is 2. The maximum absolute atomic E-state index is 12.7. The number of primary amides is 1. The van der Waals surface area contributed by atoms with E-state index in [0.717, 1.165) is 0 Å². The molecule has 0 radical (unpaired) electrons. The fourth-order valence-corrected chi connectivity index (χ4v) is 2.44. The number of aromatic amines is 1. The molecule has 112 valence electrons. The standard InChI is InChI=1S/C11H7Cl2F3N4O/c12-4-1-3(11(14,15)16)2-5(13)6(4)7-8(10(18)21)19-20-9(7)17/h1-2H,(H2,18,21)(H3,17,19,20). The van der Waals surface area contributed by atoms with Gasteiger partial charge in [0.2, 0.25) is 0 Å². The highest BCUT2D eigenvalue weighted by Gasteiger charge is 2.33. The van der Waals surface area contributed by atoms with Crippen LogP contribution in [-0.4, -0.2) is 16.1 Å². The van der Waals surface area contributed by atoms with Crippen LogP contribution in [0, 0.1) is 0 Å². The van der Waals surface area contributed by atoms with Crippen LogP contribution < -0.4 is 11.5 Å². The van der Waals surface area contributed by atoms with Gasteiger partial charge in [0, 0.05) is 5.56 Å². The van der Waals surface area contributed by atoms with Crippen LogP contribution in [0.4, 0.5) is 19.0 Å². The van der Waals surface area contributed by atoms with E-state index in [9.17, 15) is 18.0 Å². The van der Waals surface area contributed by atoms with Crippen molar-refractivity contribution in [3.63, 3.8) is 0 Å². The molecule has 2 rings (SSSR count). The van der Waals surface area contributed by atoms with Crippen molar-refractivity contribution in [2.45, 2.75) is 6.18 Å². The molecule has 0 bridgehead atoms. The van der Waals surface area contributed by atoms with Gasteiger partial charge in [0.1, 0.15) is 5.82 Å². The molecule has 5 nitrogen and oxygen atoms in total. The zero-order valence-electron chi connectivity index (χ0n) is 10.1. The summed E-state index contributed by atoms with van der Waals surface area (Å²) < 4.78 is 38.0. The minimum atomic E-state index is -4.61. The molecule has 1 heterocycles. The third kappa shape index (κ3) is 2.77. The van der Waals surface area contributed by atoms with Gasteiger partial charge in [-0.25, -0.2) is 0 Å². The lowest BCUT2D eigenvalue weighted by Gasteiger charge is -2.12. The van der Waals surface area contributed by atoms with Gasteiger partial charge in [0.05, 0.1) is 21.2 Å². The second-order valence-electron chi connectivity index (χ2n) is 4.04. The Balaban J connectivity index is 2.72. The van der Waals surface area contributed by atoms with Crippen LogP contribution in [0.15, 0.2) is 12.1 Å². The van der Waals surface area contributed by atoms with Gasteiger partial charge in [-0.3, -0.25) is 9.89 Å². The number of benzene rings is 1. The maximum Gasteiger partial charge on any atom is 0.416 e. The molecule has 0 aliphatic carbocycles. The van der Waals surface area contributed by atoms with E-state index in [1.165, 1.54) is 0 Å². The van der Waals surface area contributed by atoms with Crippen LogP contribution in [0.2, 0.25) is 10.0 Å². The molecule has 2 aromatic rings. The Labute approximate surface area is 126 Å². The Bertz CT molecular complexity index is 704. The van der Waals surface area contributed by atoms with E-state index in [1.807, 2.05) is 0 Å². The molecule has 0 saturated heterocycles. The van der Waals surface area contributed by atoms with Gasteiger partial charge in [-0.05, 0) is 12.1 Å². The number of nitrogens with zero attached hydrogens (tertiary/aromatic N) is 1. The molecular weight excluding hydrogens is 332 g/mol. The second kappa shape index (κ2) is 5.12. The zero-order chi connectivity index (χ0) is 15.9. The fraction of sp³-hybridized carbons (Fsp3) is 0.0909. The average molecular weight is 339 g/mol. The molecule has 0 fully saturated rings. The van der Waals surface area contributed by atoms with Gasteiger partial charge in [-0.1, -0.05) is 23.2 Å². The predicted molar refractivity (Wildman–Crippen MR) is 72.0 cm³/mol. The van der Waals surface area contributed by atoms with E-state index in [4.69, 9.17) is 34.7 Å². The number of hydrogen-bond donors (Lipinski definition) is 3. The summed E-state index contributed by atoms with van der Waals surface area (Å²) in [6.07, 6.45) is -4.61. The van der Waals surface area contributed by atoms with Crippen molar-refractivity contribution in [1.82, 2.24) is 10.2 Å². The number of alkyl halides is 3. The molecule has 5 N–H and O–H groups in total. The molecule has 10 heteroatoms. The Kier molecular flexibility index (Phi) is 3.77. The van der Waals surface area contributed by atoms with Crippen LogP contribution in [0.25, 0.3) is 11.1 Å². The molecule has 0 spiro atoms. The number of halogens is 5. The monoisotopic (exact) mass is 338 g/mol. The van der Waals surface area contributed by atoms with E-state index in [-0.39, 0.29) is 32.7 Å². The third-order valence-electron chi connectivity index (χ3n) is 2.65. The van der Waals surface area contributed by atoms with Crippen molar-refractivity contribution >= 4 is 34.9 Å². The van der Waals surface area contributed by atoms with Gasteiger partial charge >= 0.3 is 6.18 Å². The van der Waals surface area contributed by atoms with E-state index in [0.29, 0.717) is 12.1 Å². The van der Waals surface area contributed by atoms with E-state index >= 15 is 0 Å². The number of anilines is 1. The Morgan fingerprint density at radius 2 is 1.71 bits per heavy atom. The quantitative estimate of drug-likeness (QED) is 0.784. The van der Waals surface area contributed by atoms with Crippen molar-refractivity contribution in [2.24, 2.45) is 5.73 Å². The van der Waals surface area contributed by atoms with Crippen LogP contribution in [0.5, 0.6) is 0 Å². The van der Waals surface area contributed by atoms with E-state index < -0.39 is 17.6 Å². The van der Waals surface area contributed by atoms with Crippen molar-refractivity contribution < 1.29 is 18.0 Å². The predicted octanol–water partition coefficient (Wildman–Crippen LogP) is 3.08. The smallest absolute Gasteiger partial charge is 0.384 e. The lowest BCUT2D eigenvalue weighted by Crippen LogP contribution is -2.13. The Morgan fingerprint density at radius 1 is 1.19 bits per heavy atom. The number of rotatable bonds is 2. The van der Waals surface area contributed by atoms with Gasteiger partial charge in [0.15, 0.2) is 5.69 Å². The maximum atomic E-state index is 12.7. The topological polar surface area (TPSA) is 97.8 Å². The molecule has 0 atom stereocenters. The summed E-state index contributed by atoms with van der Waals surface area (Å²) in [6, 6.07) is 1.36. The highest BCUT2D eigenvalue weighted by atomic mass is 35.5. The van der Waals surface area contributed by atoms with Crippen molar-refractivity contribution in [3.05, 3.63) is 33.4 Å². The number of amides is 1. The largest absolute Gasteiger partial charge is 0.416 e. The van der Waals surface area contributed by atoms with Gasteiger partial charge in [-0.2, -0.15) is 18.3 Å². The fourth-order valence-electron chi connectivity index (χ4n) is 1.76. The van der Waals surface area contributed by atoms with E-state index in [2.05, 4.69) is 10.2 Å². The molecule has 1 aromatic heterocycles. The normalized spacial score (nSPS) is 11.7. The summed E-state index contributed by atoms with van der Waals surface area (Å²) in [6.45, 7) is 0. The van der Waals surface area contributed by atoms with Crippen LogP contribution in [-0.2, 0) is 6.18 Å². The highest BCUT2D eigenvalue weighted by Crippen LogP contribution is 2.42. The number of nitrogens with two attached hydrogens (primary N) is 2. The molecule has 0 aliphatic heterocycles. The lowest BCUT2D eigenvalue weighted by molar-refractivity contribution is -0.137. The number of hydrogen-bond acceptors (Lipinski definition) is 3. The van der Waals surface area contributed by atoms with Crippen molar-refractivity contribution in [3.8, 4) is 11.1 Å². The molecule has 21 heavy (non-hydrogen) atoms. The van der Waals surface area contributed by atoms with Gasteiger partial charge in [-0.15, -0.1) is 0 Å². The second-order valence-corrected chi connectivity index (χ2v) is 4.85. The molecule has 0 aliphatic rings. The minimum absolute atomic E-state index is 0.0359. The number of carbonyl (C=O) groups excluding carboxylic acids is 1. The minimum Gasteiger partial charge on any atom is -0.384 e. The summed E-state index contributed by atoms with van der Waals surface area (Å²) in [5, 5.41) is 5.23. The molecule has 1 amide bonds. The molecule has 0 saturated carbocycles. The molecule has 0 unspecified atom stereocenters. The Hall–Kier alpha value is -1.93. The first-order valence-corrected chi connectivity index (χ1v) is 6.08.